The van der Waals surface area contributed by atoms with E-state index >= 15 is 0 Å². The summed E-state index contributed by atoms with van der Waals surface area (Å²) in [6.07, 6.45) is 1.33. The first kappa shape index (κ1) is 23.9. The van der Waals surface area contributed by atoms with Gasteiger partial charge in [-0.1, -0.05) is 42.3 Å². The van der Waals surface area contributed by atoms with Gasteiger partial charge in [0.15, 0.2) is 5.69 Å². The molecule has 10 heteroatoms. The molecule has 8 nitrogen and oxygen atoms in total. The lowest BCUT2D eigenvalue weighted by atomic mass is 9.72. The Labute approximate surface area is 197 Å². The summed E-state index contributed by atoms with van der Waals surface area (Å²) < 4.78 is 0. The fourth-order valence-corrected chi connectivity index (χ4v) is 4.87. The van der Waals surface area contributed by atoms with E-state index in [4.69, 9.17) is 34.0 Å². The van der Waals surface area contributed by atoms with Crippen LogP contribution in [0.3, 0.4) is 0 Å². The molecule has 0 atom stereocenters. The standard InChI is InChI=1S/C22H26Cl2N6O2/c1-21(2,29-20(31)32)12-22(3)7-9-30(10-8-22)19-27-15(11-25)16(18(26)28-19)13-5-4-6-14(23)17(13)24/h4-6,29H,7-10,12H2,1-3H3,(H,31,32)(H2,26,27,28). The van der Waals surface area contributed by atoms with E-state index in [-0.39, 0.29) is 16.9 Å². The van der Waals surface area contributed by atoms with Crippen molar-refractivity contribution in [2.24, 2.45) is 5.41 Å². The van der Waals surface area contributed by atoms with Crippen LogP contribution in [-0.2, 0) is 0 Å². The third-order valence-corrected chi connectivity index (χ3v) is 6.64. The number of nitriles is 1. The SMILES string of the molecule is CC1(CC(C)(C)NC(=O)O)CCN(c2nc(N)c(-c3cccc(Cl)c3Cl)c(C#N)n2)CC1. The molecule has 3 rings (SSSR count). The van der Waals surface area contributed by atoms with E-state index in [9.17, 15) is 10.1 Å². The van der Waals surface area contributed by atoms with Crippen molar-refractivity contribution in [3.63, 3.8) is 0 Å². The van der Waals surface area contributed by atoms with Crippen LogP contribution >= 0.6 is 23.2 Å². The van der Waals surface area contributed by atoms with Crippen molar-refractivity contribution in [3.05, 3.63) is 33.9 Å². The largest absolute Gasteiger partial charge is 0.465 e. The van der Waals surface area contributed by atoms with Crippen LogP contribution in [0.1, 0.15) is 45.7 Å². The van der Waals surface area contributed by atoms with Gasteiger partial charge < -0.3 is 21.1 Å². The lowest BCUT2D eigenvalue weighted by Crippen LogP contribution is -2.49. The average Bonchev–Trinajstić information content (AvgIpc) is 2.68. The highest BCUT2D eigenvalue weighted by Gasteiger charge is 2.37. The highest BCUT2D eigenvalue weighted by atomic mass is 35.5. The molecule has 2 aromatic rings. The van der Waals surface area contributed by atoms with Crippen molar-refractivity contribution in [1.82, 2.24) is 15.3 Å². The fourth-order valence-electron chi connectivity index (χ4n) is 4.47. The number of carbonyl (C=O) groups is 1. The fraction of sp³-hybridized carbons (Fsp3) is 0.455. The van der Waals surface area contributed by atoms with Gasteiger partial charge in [0.05, 0.1) is 15.6 Å². The van der Waals surface area contributed by atoms with Gasteiger partial charge in [0.2, 0.25) is 5.95 Å². The Hall–Kier alpha value is -2.76. The molecule has 1 fully saturated rings. The maximum absolute atomic E-state index is 11.1. The number of aromatic nitrogens is 2. The van der Waals surface area contributed by atoms with E-state index in [0.717, 1.165) is 12.8 Å². The zero-order chi connectivity index (χ0) is 23.7. The van der Waals surface area contributed by atoms with Crippen LogP contribution in [0.4, 0.5) is 16.6 Å². The molecule has 1 aromatic carbocycles. The molecule has 0 spiro atoms. The number of nitrogens with two attached hydrogens (primary N) is 1. The molecule has 0 unspecified atom stereocenters. The second-order valence-electron chi connectivity index (χ2n) is 9.13. The number of hydrogen-bond acceptors (Lipinski definition) is 6. The summed E-state index contributed by atoms with van der Waals surface area (Å²) in [5.74, 6) is 0.557. The summed E-state index contributed by atoms with van der Waals surface area (Å²) in [7, 11) is 0. The molecular formula is C22H26Cl2N6O2. The number of nitrogens with one attached hydrogen (secondary N) is 1. The number of piperidine rings is 1. The molecule has 170 valence electrons. The van der Waals surface area contributed by atoms with Crippen molar-refractivity contribution in [2.75, 3.05) is 23.7 Å². The summed E-state index contributed by atoms with van der Waals surface area (Å²) in [5, 5.41) is 22.0. The summed E-state index contributed by atoms with van der Waals surface area (Å²) in [6, 6.07) is 7.21. The molecule has 1 saturated heterocycles. The van der Waals surface area contributed by atoms with Gasteiger partial charge in [0.1, 0.15) is 11.9 Å². The molecule has 2 heterocycles. The predicted octanol–water partition coefficient (Wildman–Crippen LogP) is 4.95. The van der Waals surface area contributed by atoms with Crippen molar-refractivity contribution in [3.8, 4) is 17.2 Å². The van der Waals surface area contributed by atoms with Gasteiger partial charge in [0, 0.05) is 24.2 Å². The Balaban J connectivity index is 1.82. The van der Waals surface area contributed by atoms with Gasteiger partial charge in [0.25, 0.3) is 0 Å². The molecule has 1 aliphatic heterocycles. The van der Waals surface area contributed by atoms with Gasteiger partial charge in [-0.05, 0) is 44.6 Å². The normalized spacial score (nSPS) is 15.8. The van der Waals surface area contributed by atoms with Crippen molar-refractivity contribution in [2.45, 2.75) is 45.6 Å². The summed E-state index contributed by atoms with van der Waals surface area (Å²) in [6.45, 7) is 7.28. The second-order valence-corrected chi connectivity index (χ2v) is 9.92. The van der Waals surface area contributed by atoms with Crippen LogP contribution in [0.25, 0.3) is 11.1 Å². The number of anilines is 2. The molecule has 0 saturated carbocycles. The molecule has 0 bridgehead atoms. The first-order valence-electron chi connectivity index (χ1n) is 10.2. The van der Waals surface area contributed by atoms with Crippen LogP contribution in [0.15, 0.2) is 18.2 Å². The number of carboxylic acid groups (broad SMARTS) is 1. The maximum Gasteiger partial charge on any atom is 0.405 e. The van der Waals surface area contributed by atoms with Crippen LogP contribution in [0, 0.1) is 16.7 Å². The van der Waals surface area contributed by atoms with E-state index in [1.165, 1.54) is 0 Å². The number of amides is 1. The Kier molecular flexibility index (Phi) is 6.72. The molecule has 32 heavy (non-hydrogen) atoms. The van der Waals surface area contributed by atoms with Gasteiger partial charge in [-0.25, -0.2) is 9.78 Å². The molecule has 1 amide bonds. The summed E-state index contributed by atoms with van der Waals surface area (Å²) in [5.41, 5.74) is 6.69. The smallest absolute Gasteiger partial charge is 0.405 e. The quantitative estimate of drug-likeness (QED) is 0.556. The summed E-state index contributed by atoms with van der Waals surface area (Å²) >= 11 is 12.5. The summed E-state index contributed by atoms with van der Waals surface area (Å²) in [4.78, 5) is 22.0. The Morgan fingerprint density at radius 2 is 2.00 bits per heavy atom. The van der Waals surface area contributed by atoms with E-state index < -0.39 is 11.6 Å². The minimum atomic E-state index is -1.02. The van der Waals surface area contributed by atoms with E-state index in [1.807, 2.05) is 18.7 Å². The Morgan fingerprint density at radius 3 is 2.59 bits per heavy atom. The van der Waals surface area contributed by atoms with Crippen LogP contribution in [0.5, 0.6) is 0 Å². The van der Waals surface area contributed by atoms with Gasteiger partial charge in [-0.2, -0.15) is 10.2 Å². The number of nitrogen functional groups attached to an aromatic ring is 1. The van der Waals surface area contributed by atoms with Crippen molar-refractivity contribution >= 4 is 41.1 Å². The van der Waals surface area contributed by atoms with Gasteiger partial charge in [-0.15, -0.1) is 0 Å². The third-order valence-electron chi connectivity index (χ3n) is 5.82. The zero-order valence-electron chi connectivity index (χ0n) is 18.2. The van der Waals surface area contributed by atoms with Crippen molar-refractivity contribution < 1.29 is 9.90 Å². The van der Waals surface area contributed by atoms with Crippen LogP contribution < -0.4 is 16.0 Å². The number of hydrogen-bond donors (Lipinski definition) is 3. The molecule has 0 aliphatic carbocycles. The third kappa shape index (κ3) is 5.17. The predicted molar refractivity (Wildman–Crippen MR) is 126 cm³/mol. The van der Waals surface area contributed by atoms with E-state index in [2.05, 4.69) is 28.3 Å². The molecule has 0 radical (unpaired) electrons. The molecule has 1 aliphatic rings. The van der Waals surface area contributed by atoms with E-state index in [0.29, 0.717) is 46.6 Å². The number of benzene rings is 1. The molecule has 4 N–H and O–H groups in total. The molecule has 1 aromatic heterocycles. The highest BCUT2D eigenvalue weighted by Crippen LogP contribution is 2.41. The molecular weight excluding hydrogens is 451 g/mol. The number of nitrogens with zero attached hydrogens (tertiary/aromatic N) is 4. The topological polar surface area (TPSA) is 128 Å². The van der Waals surface area contributed by atoms with Crippen molar-refractivity contribution in [1.29, 1.82) is 5.26 Å². The Morgan fingerprint density at radius 1 is 1.34 bits per heavy atom. The van der Waals surface area contributed by atoms with Gasteiger partial charge >= 0.3 is 6.09 Å². The van der Waals surface area contributed by atoms with Crippen LogP contribution in [-0.4, -0.2) is 39.8 Å². The first-order valence-corrected chi connectivity index (χ1v) is 11.0. The highest BCUT2D eigenvalue weighted by molar-refractivity contribution is 6.43. The minimum absolute atomic E-state index is 0.0414. The van der Waals surface area contributed by atoms with Crippen LogP contribution in [0.2, 0.25) is 10.0 Å². The Bertz CT molecular complexity index is 1070. The van der Waals surface area contributed by atoms with Gasteiger partial charge in [-0.3, -0.25) is 0 Å². The second kappa shape index (κ2) is 9.00. The maximum atomic E-state index is 11.1. The van der Waals surface area contributed by atoms with E-state index in [1.54, 1.807) is 18.2 Å². The number of halogens is 2. The monoisotopic (exact) mass is 476 g/mol. The lowest BCUT2D eigenvalue weighted by molar-refractivity contribution is 0.145. The zero-order valence-corrected chi connectivity index (χ0v) is 19.8. The first-order chi connectivity index (χ1) is 14.9. The minimum Gasteiger partial charge on any atom is -0.465 e. The number of rotatable bonds is 5. The lowest BCUT2D eigenvalue weighted by Gasteiger charge is -2.43. The average molecular weight is 477 g/mol.